The maximum atomic E-state index is 12.4. The van der Waals surface area contributed by atoms with Crippen molar-refractivity contribution in [3.8, 4) is 12.3 Å². The van der Waals surface area contributed by atoms with Gasteiger partial charge in [-0.25, -0.2) is 9.18 Å². The zero-order valence-electron chi connectivity index (χ0n) is 10.8. The molecular formula is C12H14F3NO3. The first-order valence-electron chi connectivity index (χ1n) is 5.23. The second kappa shape index (κ2) is 6.83. The highest BCUT2D eigenvalue weighted by Crippen LogP contribution is 2.14. The van der Waals surface area contributed by atoms with Crippen molar-refractivity contribution in [3.05, 3.63) is 11.9 Å². The normalized spacial score (nSPS) is 10.4. The van der Waals surface area contributed by atoms with E-state index in [1.165, 1.54) is 0 Å². The summed E-state index contributed by atoms with van der Waals surface area (Å²) in [6.07, 6.45) is 2.46. The summed E-state index contributed by atoms with van der Waals surface area (Å²) in [6, 6.07) is 0. The number of halogens is 3. The lowest BCUT2D eigenvalue weighted by atomic mass is 10.1. The van der Waals surface area contributed by atoms with Gasteiger partial charge in [0.2, 0.25) is 5.83 Å². The van der Waals surface area contributed by atoms with Crippen LogP contribution in [-0.4, -0.2) is 35.5 Å². The summed E-state index contributed by atoms with van der Waals surface area (Å²) in [5.74, 6) is -2.27. The molecule has 0 radical (unpaired) electrons. The van der Waals surface area contributed by atoms with Crippen LogP contribution in [0.2, 0.25) is 0 Å². The Bertz CT molecular complexity index is 428. The van der Waals surface area contributed by atoms with Gasteiger partial charge in [0.25, 0.3) is 0 Å². The second-order valence-corrected chi connectivity index (χ2v) is 4.51. The molecule has 0 rings (SSSR count). The van der Waals surface area contributed by atoms with Crippen LogP contribution in [0.15, 0.2) is 11.9 Å². The molecule has 0 spiro atoms. The quantitative estimate of drug-likeness (QED) is 0.449. The summed E-state index contributed by atoms with van der Waals surface area (Å²) in [4.78, 5) is 24.0. The van der Waals surface area contributed by atoms with Gasteiger partial charge in [0.05, 0.1) is 6.54 Å². The Morgan fingerprint density at radius 2 is 1.79 bits per heavy atom. The van der Waals surface area contributed by atoms with Crippen LogP contribution in [0.4, 0.5) is 13.2 Å². The molecule has 19 heavy (non-hydrogen) atoms. The third kappa shape index (κ3) is 5.46. The van der Waals surface area contributed by atoms with Crippen LogP contribution in [0.25, 0.3) is 0 Å². The topological polar surface area (TPSA) is 46.6 Å². The number of amides is 1. The molecule has 0 N–H and O–H groups in total. The second-order valence-electron chi connectivity index (χ2n) is 4.51. The van der Waals surface area contributed by atoms with E-state index in [2.05, 4.69) is 10.7 Å². The highest BCUT2D eigenvalue weighted by Gasteiger charge is 2.31. The van der Waals surface area contributed by atoms with E-state index in [1.807, 2.05) is 0 Å². The predicted molar refractivity (Wildman–Crippen MR) is 61.6 cm³/mol. The fraction of sp³-hybridized carbons (Fsp3) is 0.500. The minimum atomic E-state index is -2.60. The summed E-state index contributed by atoms with van der Waals surface area (Å²) in [6.45, 7) is 3.42. The number of hydrogen-bond acceptors (Lipinski definition) is 3. The Morgan fingerprint density at radius 1 is 1.26 bits per heavy atom. The van der Waals surface area contributed by atoms with E-state index < -0.39 is 35.9 Å². The maximum absolute atomic E-state index is 12.4. The van der Waals surface area contributed by atoms with Crippen molar-refractivity contribution >= 4 is 11.9 Å². The van der Waals surface area contributed by atoms with Crippen LogP contribution in [0.1, 0.15) is 20.8 Å². The number of rotatable bonds is 3. The molecule has 7 heteroatoms. The van der Waals surface area contributed by atoms with Gasteiger partial charge in [0.1, 0.15) is 6.61 Å². The Labute approximate surface area is 109 Å². The van der Waals surface area contributed by atoms with Crippen LogP contribution in [0.3, 0.4) is 0 Å². The first-order chi connectivity index (χ1) is 8.61. The van der Waals surface area contributed by atoms with E-state index in [9.17, 15) is 22.8 Å². The van der Waals surface area contributed by atoms with Crippen LogP contribution >= 0.6 is 0 Å². The number of esters is 1. The molecule has 0 aliphatic heterocycles. The smallest absolute Gasteiger partial charge is 0.397 e. The van der Waals surface area contributed by atoms with E-state index in [-0.39, 0.29) is 6.54 Å². The molecule has 0 aromatic rings. The molecule has 0 unspecified atom stereocenters. The summed E-state index contributed by atoms with van der Waals surface area (Å²) in [7, 11) is 0. The summed E-state index contributed by atoms with van der Waals surface area (Å²) in [5, 5.41) is 0. The van der Waals surface area contributed by atoms with Gasteiger partial charge in [-0.3, -0.25) is 4.79 Å². The van der Waals surface area contributed by atoms with Crippen molar-refractivity contribution in [2.75, 3.05) is 13.2 Å². The Balaban J connectivity index is 4.76. The molecule has 0 fully saturated rings. The van der Waals surface area contributed by atoms with E-state index in [0.717, 1.165) is 4.90 Å². The van der Waals surface area contributed by atoms with Crippen molar-refractivity contribution in [1.29, 1.82) is 0 Å². The van der Waals surface area contributed by atoms with E-state index in [1.54, 1.807) is 20.8 Å². The standard InChI is InChI=1S/C12H14F3NO3/c1-5-6-16(12(2,3)4)10(17)11(18)19-7-8(13)9(14)15/h1H,6-7H2,2-4H3. The molecule has 4 nitrogen and oxygen atoms in total. The zero-order chi connectivity index (χ0) is 15.2. The molecular weight excluding hydrogens is 263 g/mol. The molecule has 0 atom stereocenters. The average molecular weight is 277 g/mol. The summed E-state index contributed by atoms with van der Waals surface area (Å²) in [5.41, 5.74) is -0.762. The number of nitrogens with zero attached hydrogens (tertiary/aromatic N) is 1. The monoisotopic (exact) mass is 277 g/mol. The predicted octanol–water partition coefficient (Wildman–Crippen LogP) is 1.87. The fourth-order valence-electron chi connectivity index (χ4n) is 1.06. The minimum Gasteiger partial charge on any atom is -0.451 e. The van der Waals surface area contributed by atoms with Crippen molar-refractivity contribution in [2.45, 2.75) is 26.3 Å². The lowest BCUT2D eigenvalue weighted by Crippen LogP contribution is -2.49. The van der Waals surface area contributed by atoms with E-state index in [4.69, 9.17) is 6.42 Å². The van der Waals surface area contributed by atoms with Gasteiger partial charge in [-0.2, -0.15) is 8.78 Å². The highest BCUT2D eigenvalue weighted by molar-refractivity contribution is 6.32. The Hall–Kier alpha value is -1.97. The van der Waals surface area contributed by atoms with Crippen molar-refractivity contribution in [3.63, 3.8) is 0 Å². The van der Waals surface area contributed by atoms with Gasteiger partial charge in [-0.05, 0) is 20.8 Å². The third-order valence-corrected chi connectivity index (χ3v) is 2.01. The third-order valence-electron chi connectivity index (χ3n) is 2.01. The van der Waals surface area contributed by atoms with Crippen molar-refractivity contribution < 1.29 is 27.5 Å². The molecule has 0 saturated carbocycles. The van der Waals surface area contributed by atoms with Crippen LogP contribution in [-0.2, 0) is 14.3 Å². The summed E-state index contributed by atoms with van der Waals surface area (Å²) < 4.78 is 40.0. The lowest BCUT2D eigenvalue weighted by molar-refractivity contribution is -0.162. The molecule has 0 aromatic heterocycles. The fourth-order valence-corrected chi connectivity index (χ4v) is 1.06. The summed E-state index contributed by atoms with van der Waals surface area (Å²) >= 11 is 0. The van der Waals surface area contributed by atoms with Crippen LogP contribution < -0.4 is 0 Å². The van der Waals surface area contributed by atoms with Gasteiger partial charge >= 0.3 is 18.0 Å². The number of carbonyl (C=O) groups excluding carboxylic acids is 2. The minimum absolute atomic E-state index is 0.159. The zero-order valence-corrected chi connectivity index (χ0v) is 10.8. The van der Waals surface area contributed by atoms with Gasteiger partial charge < -0.3 is 9.64 Å². The number of ether oxygens (including phenoxy) is 1. The average Bonchev–Trinajstić information content (AvgIpc) is 2.29. The molecule has 0 bridgehead atoms. The number of hydrogen-bond donors (Lipinski definition) is 0. The van der Waals surface area contributed by atoms with E-state index >= 15 is 0 Å². The molecule has 0 aliphatic rings. The van der Waals surface area contributed by atoms with Gasteiger partial charge in [0.15, 0.2) is 0 Å². The molecule has 0 saturated heterocycles. The maximum Gasteiger partial charge on any atom is 0.397 e. The number of carbonyl (C=O) groups is 2. The SMILES string of the molecule is C#CCN(C(=O)C(=O)OCC(F)=C(F)F)C(C)(C)C. The largest absolute Gasteiger partial charge is 0.451 e. The van der Waals surface area contributed by atoms with Gasteiger partial charge in [-0.1, -0.05) is 5.92 Å². The highest BCUT2D eigenvalue weighted by atomic mass is 19.3. The molecule has 1 amide bonds. The van der Waals surface area contributed by atoms with E-state index in [0.29, 0.717) is 0 Å². The van der Waals surface area contributed by atoms with Crippen molar-refractivity contribution in [2.24, 2.45) is 0 Å². The van der Waals surface area contributed by atoms with Crippen LogP contribution in [0.5, 0.6) is 0 Å². The molecule has 0 aromatic carbocycles. The molecule has 0 aliphatic carbocycles. The van der Waals surface area contributed by atoms with Crippen molar-refractivity contribution in [1.82, 2.24) is 4.90 Å². The first kappa shape index (κ1) is 17.0. The lowest BCUT2D eigenvalue weighted by Gasteiger charge is -2.33. The van der Waals surface area contributed by atoms with Gasteiger partial charge in [-0.15, -0.1) is 6.42 Å². The first-order valence-corrected chi connectivity index (χ1v) is 5.23. The molecule has 106 valence electrons. The Kier molecular flexibility index (Phi) is 6.12. The molecule has 0 heterocycles. The Morgan fingerprint density at radius 3 is 2.16 bits per heavy atom. The van der Waals surface area contributed by atoms with Gasteiger partial charge in [0, 0.05) is 5.54 Å². The van der Waals surface area contributed by atoms with Crippen LogP contribution in [0, 0.1) is 12.3 Å². The number of terminal acetylenes is 1.